The van der Waals surface area contributed by atoms with Gasteiger partial charge in [0.15, 0.2) is 0 Å². The molecule has 2 aromatic carbocycles. The molecule has 2 fully saturated rings. The van der Waals surface area contributed by atoms with Gasteiger partial charge in [0, 0.05) is 6.54 Å². The molecule has 30 heavy (non-hydrogen) atoms. The summed E-state index contributed by atoms with van der Waals surface area (Å²) in [6.45, 7) is 6.18. The zero-order chi connectivity index (χ0) is 21.3. The maximum Gasteiger partial charge on any atom is 0.255 e. The molecule has 1 amide bonds. The van der Waals surface area contributed by atoms with Crippen molar-refractivity contribution in [3.8, 4) is 0 Å². The smallest absolute Gasteiger partial charge is 0.255 e. The highest BCUT2D eigenvalue weighted by atomic mass is 35.5. The number of morpholine rings is 1. The molecule has 0 N–H and O–H groups in total. The molecule has 2 saturated heterocycles. The van der Waals surface area contributed by atoms with Gasteiger partial charge >= 0.3 is 0 Å². The molecule has 2 aliphatic rings. The number of halogens is 2. The van der Waals surface area contributed by atoms with Crippen molar-refractivity contribution >= 4 is 17.5 Å². The Morgan fingerprint density at radius 1 is 1.20 bits per heavy atom. The molecule has 2 aliphatic heterocycles. The second-order valence-electron chi connectivity index (χ2n) is 8.63. The summed E-state index contributed by atoms with van der Waals surface area (Å²) in [6, 6.07) is 13.7. The summed E-state index contributed by atoms with van der Waals surface area (Å²) >= 11 is 6.25. The standard InChI is InChI=1S/C24H27ClFNO3/c1-16(2)20-13-24(15-29-22(20)17-7-9-18(26)10-8-17)14-27(11-12-30-24)23(28)19-5-3-4-6-21(19)25/h3-10,16,20,22H,11-15H2,1-2H3/t20-,22-,24-/m0/s1. The molecule has 1 spiro atoms. The molecule has 2 heterocycles. The molecule has 0 saturated carbocycles. The topological polar surface area (TPSA) is 38.8 Å². The predicted octanol–water partition coefficient (Wildman–Crippen LogP) is 5.12. The van der Waals surface area contributed by atoms with Crippen LogP contribution in [-0.4, -0.2) is 42.7 Å². The first kappa shape index (κ1) is 21.3. The number of carbonyl (C=O) groups excluding carboxylic acids is 1. The summed E-state index contributed by atoms with van der Waals surface area (Å²) in [4.78, 5) is 14.9. The van der Waals surface area contributed by atoms with Gasteiger partial charge < -0.3 is 14.4 Å². The van der Waals surface area contributed by atoms with E-state index in [0.29, 0.717) is 42.8 Å². The van der Waals surface area contributed by atoms with Gasteiger partial charge in [-0.3, -0.25) is 4.79 Å². The van der Waals surface area contributed by atoms with Crippen LogP contribution < -0.4 is 0 Å². The van der Waals surface area contributed by atoms with Crippen LogP contribution in [-0.2, 0) is 9.47 Å². The van der Waals surface area contributed by atoms with Gasteiger partial charge in [0.1, 0.15) is 11.4 Å². The molecule has 3 atom stereocenters. The number of ether oxygens (including phenoxy) is 2. The van der Waals surface area contributed by atoms with Crippen LogP contribution in [0.5, 0.6) is 0 Å². The third-order valence-corrected chi connectivity index (χ3v) is 6.55. The maximum absolute atomic E-state index is 13.4. The van der Waals surface area contributed by atoms with E-state index in [4.69, 9.17) is 21.1 Å². The first-order chi connectivity index (χ1) is 14.4. The molecular weight excluding hydrogens is 405 g/mol. The van der Waals surface area contributed by atoms with E-state index < -0.39 is 5.60 Å². The van der Waals surface area contributed by atoms with Gasteiger partial charge in [0.25, 0.3) is 5.91 Å². The van der Waals surface area contributed by atoms with Gasteiger partial charge in [-0.2, -0.15) is 0 Å². The normalized spacial score (nSPS) is 26.9. The van der Waals surface area contributed by atoms with Crippen molar-refractivity contribution in [3.63, 3.8) is 0 Å². The van der Waals surface area contributed by atoms with E-state index in [1.165, 1.54) is 12.1 Å². The first-order valence-electron chi connectivity index (χ1n) is 10.4. The van der Waals surface area contributed by atoms with Crippen molar-refractivity contribution in [2.45, 2.75) is 32.0 Å². The Labute approximate surface area is 181 Å². The third kappa shape index (κ3) is 4.25. The number of hydrogen-bond donors (Lipinski definition) is 0. The van der Waals surface area contributed by atoms with Crippen LogP contribution in [0.1, 0.15) is 42.3 Å². The number of carbonyl (C=O) groups is 1. The highest BCUT2D eigenvalue weighted by Crippen LogP contribution is 2.44. The highest BCUT2D eigenvalue weighted by Gasteiger charge is 2.47. The lowest BCUT2D eigenvalue weighted by atomic mass is 9.75. The Bertz CT molecular complexity index is 904. The Balaban J connectivity index is 1.54. The molecule has 0 unspecified atom stereocenters. The first-order valence-corrected chi connectivity index (χ1v) is 10.8. The minimum atomic E-state index is -0.541. The van der Waals surface area contributed by atoms with Crippen molar-refractivity contribution < 1.29 is 18.7 Å². The van der Waals surface area contributed by atoms with Gasteiger partial charge in [-0.1, -0.05) is 49.7 Å². The highest BCUT2D eigenvalue weighted by molar-refractivity contribution is 6.33. The number of amides is 1. The molecule has 0 bridgehead atoms. The van der Waals surface area contributed by atoms with Gasteiger partial charge in [-0.25, -0.2) is 4.39 Å². The van der Waals surface area contributed by atoms with E-state index >= 15 is 0 Å². The number of nitrogens with zero attached hydrogens (tertiary/aromatic N) is 1. The van der Waals surface area contributed by atoms with E-state index in [-0.39, 0.29) is 23.7 Å². The van der Waals surface area contributed by atoms with Gasteiger partial charge in [-0.05, 0) is 48.1 Å². The SMILES string of the molecule is CC(C)[C@@H]1C[C@@]2(CO[C@H]1c1ccc(F)cc1)CN(C(=O)c1ccccc1Cl)CCO2. The van der Waals surface area contributed by atoms with E-state index in [0.717, 1.165) is 12.0 Å². The van der Waals surface area contributed by atoms with Crippen molar-refractivity contribution in [2.75, 3.05) is 26.3 Å². The maximum atomic E-state index is 13.4. The van der Waals surface area contributed by atoms with E-state index in [2.05, 4.69) is 13.8 Å². The van der Waals surface area contributed by atoms with Crippen molar-refractivity contribution in [3.05, 3.63) is 70.5 Å². The summed E-state index contributed by atoms with van der Waals surface area (Å²) in [6.07, 6.45) is 0.661. The van der Waals surface area contributed by atoms with Crippen LogP contribution in [0.25, 0.3) is 0 Å². The summed E-state index contributed by atoms with van der Waals surface area (Å²) in [5, 5.41) is 0.458. The summed E-state index contributed by atoms with van der Waals surface area (Å²) < 4.78 is 25.9. The fraction of sp³-hybridized carbons (Fsp3) is 0.458. The van der Waals surface area contributed by atoms with Crippen LogP contribution in [0.2, 0.25) is 5.02 Å². The van der Waals surface area contributed by atoms with Crippen LogP contribution in [0.15, 0.2) is 48.5 Å². The zero-order valence-electron chi connectivity index (χ0n) is 17.3. The monoisotopic (exact) mass is 431 g/mol. The average Bonchev–Trinajstić information content (AvgIpc) is 2.74. The van der Waals surface area contributed by atoms with Gasteiger partial charge in [0.2, 0.25) is 0 Å². The van der Waals surface area contributed by atoms with Crippen LogP contribution in [0.3, 0.4) is 0 Å². The number of hydrogen-bond acceptors (Lipinski definition) is 3. The fourth-order valence-electron chi connectivity index (χ4n) is 4.58. The predicted molar refractivity (Wildman–Crippen MR) is 114 cm³/mol. The lowest BCUT2D eigenvalue weighted by Crippen LogP contribution is -2.59. The quantitative estimate of drug-likeness (QED) is 0.676. The number of rotatable bonds is 3. The zero-order valence-corrected chi connectivity index (χ0v) is 18.1. The Kier molecular flexibility index (Phi) is 6.14. The lowest BCUT2D eigenvalue weighted by molar-refractivity contribution is -0.204. The Hall–Kier alpha value is -1.95. The average molecular weight is 432 g/mol. The Morgan fingerprint density at radius 3 is 2.63 bits per heavy atom. The van der Waals surface area contributed by atoms with Crippen LogP contribution >= 0.6 is 11.6 Å². The van der Waals surface area contributed by atoms with Crippen molar-refractivity contribution in [1.29, 1.82) is 0 Å². The molecule has 2 aromatic rings. The molecule has 160 valence electrons. The second kappa shape index (κ2) is 8.66. The summed E-state index contributed by atoms with van der Waals surface area (Å²) in [5.41, 5.74) is 0.947. The molecule has 0 aromatic heterocycles. The van der Waals surface area contributed by atoms with Crippen molar-refractivity contribution in [2.24, 2.45) is 11.8 Å². The van der Waals surface area contributed by atoms with Crippen LogP contribution in [0.4, 0.5) is 4.39 Å². The molecule has 4 rings (SSSR count). The second-order valence-corrected chi connectivity index (χ2v) is 9.04. The van der Waals surface area contributed by atoms with E-state index in [9.17, 15) is 9.18 Å². The minimum absolute atomic E-state index is 0.0787. The Morgan fingerprint density at radius 2 is 1.93 bits per heavy atom. The lowest BCUT2D eigenvalue weighted by Gasteiger charge is -2.50. The van der Waals surface area contributed by atoms with Gasteiger partial charge in [-0.15, -0.1) is 0 Å². The van der Waals surface area contributed by atoms with E-state index in [1.807, 2.05) is 17.0 Å². The third-order valence-electron chi connectivity index (χ3n) is 6.22. The van der Waals surface area contributed by atoms with Gasteiger partial charge in [0.05, 0.1) is 36.4 Å². The largest absolute Gasteiger partial charge is 0.370 e. The molecule has 4 nitrogen and oxygen atoms in total. The minimum Gasteiger partial charge on any atom is -0.370 e. The molecule has 0 radical (unpaired) electrons. The summed E-state index contributed by atoms with van der Waals surface area (Å²) in [5.74, 6) is 0.205. The summed E-state index contributed by atoms with van der Waals surface area (Å²) in [7, 11) is 0. The van der Waals surface area contributed by atoms with E-state index in [1.54, 1.807) is 24.3 Å². The molecule has 6 heteroatoms. The number of benzene rings is 2. The van der Waals surface area contributed by atoms with Crippen LogP contribution in [0, 0.1) is 17.7 Å². The fourth-order valence-corrected chi connectivity index (χ4v) is 4.79. The molecule has 0 aliphatic carbocycles. The van der Waals surface area contributed by atoms with Crippen molar-refractivity contribution in [1.82, 2.24) is 4.90 Å². The molecular formula is C24H27ClFNO3.